The molecule has 0 saturated heterocycles. The first-order valence-electron chi connectivity index (χ1n) is 8.30. The minimum Gasteiger partial charge on any atom is -0.469 e. The molecular formula is C19H22N2O4S. The summed E-state index contributed by atoms with van der Waals surface area (Å²) in [6, 6.07) is 13.1. The fourth-order valence-corrected chi connectivity index (χ4v) is 3.00. The first-order chi connectivity index (χ1) is 12.6. The van der Waals surface area contributed by atoms with Crippen LogP contribution in [0.2, 0.25) is 0 Å². The first-order valence-corrected chi connectivity index (χ1v) is 9.18. The molecule has 0 radical (unpaired) electrons. The molecule has 0 aliphatic heterocycles. The van der Waals surface area contributed by atoms with Crippen LogP contribution in [0, 0.1) is 0 Å². The van der Waals surface area contributed by atoms with Crippen LogP contribution in [-0.2, 0) is 20.9 Å². The highest BCUT2D eigenvalue weighted by atomic mass is 32.1. The molecule has 0 atom stereocenters. The molecule has 7 heteroatoms. The van der Waals surface area contributed by atoms with Gasteiger partial charge in [0.05, 0.1) is 18.4 Å². The minimum atomic E-state index is -0.359. The predicted octanol–water partition coefficient (Wildman–Crippen LogP) is 2.46. The lowest BCUT2D eigenvalue weighted by Gasteiger charge is -2.22. The zero-order chi connectivity index (χ0) is 18.8. The Balaban J connectivity index is 1.88. The van der Waals surface area contributed by atoms with Gasteiger partial charge in [0.25, 0.3) is 5.91 Å². The number of amides is 2. The second kappa shape index (κ2) is 10.4. The van der Waals surface area contributed by atoms with Gasteiger partial charge in [0.15, 0.2) is 0 Å². The number of carbonyl (C=O) groups is 3. The number of nitrogens with one attached hydrogen (secondary N) is 1. The molecule has 2 amide bonds. The number of methoxy groups -OCH3 is 1. The maximum Gasteiger partial charge on any atom is 0.307 e. The molecule has 0 spiro atoms. The molecule has 2 aromatic rings. The van der Waals surface area contributed by atoms with E-state index in [9.17, 15) is 14.4 Å². The average Bonchev–Trinajstić information content (AvgIpc) is 3.20. The number of nitrogens with zero attached hydrogens (tertiary/aromatic N) is 1. The lowest BCUT2D eigenvalue weighted by molar-refractivity contribution is -0.141. The number of hydrogen-bond acceptors (Lipinski definition) is 5. The SMILES string of the molecule is COC(=O)CCN(Cc1ccccc1)C(=O)CCNC(=O)c1cccs1. The summed E-state index contributed by atoms with van der Waals surface area (Å²) in [7, 11) is 1.33. The number of esters is 1. The molecule has 2 rings (SSSR count). The first kappa shape index (κ1) is 19.7. The van der Waals surface area contributed by atoms with Gasteiger partial charge in [0.1, 0.15) is 0 Å². The molecule has 0 aliphatic carbocycles. The summed E-state index contributed by atoms with van der Waals surface area (Å²) >= 11 is 1.35. The summed E-state index contributed by atoms with van der Waals surface area (Å²) in [5.74, 6) is -0.664. The van der Waals surface area contributed by atoms with Crippen LogP contribution in [-0.4, -0.2) is 42.9 Å². The molecule has 0 unspecified atom stereocenters. The van der Waals surface area contributed by atoms with Crippen LogP contribution in [0.15, 0.2) is 47.8 Å². The molecule has 0 bridgehead atoms. The number of rotatable bonds is 9. The Labute approximate surface area is 156 Å². The van der Waals surface area contributed by atoms with Gasteiger partial charge >= 0.3 is 5.97 Å². The van der Waals surface area contributed by atoms with Crippen molar-refractivity contribution in [2.75, 3.05) is 20.2 Å². The molecule has 138 valence electrons. The summed E-state index contributed by atoms with van der Waals surface area (Å²) in [5.41, 5.74) is 0.980. The number of hydrogen-bond donors (Lipinski definition) is 1. The number of benzene rings is 1. The Morgan fingerprint density at radius 1 is 1.08 bits per heavy atom. The van der Waals surface area contributed by atoms with Crippen LogP contribution in [0.25, 0.3) is 0 Å². The van der Waals surface area contributed by atoms with E-state index in [1.807, 2.05) is 35.7 Å². The minimum absolute atomic E-state index is 0.121. The van der Waals surface area contributed by atoms with E-state index < -0.39 is 0 Å². The topological polar surface area (TPSA) is 75.7 Å². The fraction of sp³-hybridized carbons (Fsp3) is 0.316. The van der Waals surface area contributed by atoms with Crippen LogP contribution in [0.4, 0.5) is 0 Å². The lowest BCUT2D eigenvalue weighted by atomic mass is 10.2. The Morgan fingerprint density at radius 2 is 1.85 bits per heavy atom. The van der Waals surface area contributed by atoms with E-state index in [2.05, 4.69) is 10.1 Å². The van der Waals surface area contributed by atoms with Crippen LogP contribution in [0.1, 0.15) is 28.1 Å². The van der Waals surface area contributed by atoms with Gasteiger partial charge in [-0.25, -0.2) is 0 Å². The van der Waals surface area contributed by atoms with Gasteiger partial charge in [0.2, 0.25) is 5.91 Å². The van der Waals surface area contributed by atoms with Crippen molar-refractivity contribution < 1.29 is 19.1 Å². The standard InChI is InChI=1S/C19H22N2O4S/c1-25-18(23)10-12-21(14-15-6-3-2-4-7-15)17(22)9-11-20-19(24)16-8-5-13-26-16/h2-8,13H,9-12,14H2,1H3,(H,20,24). The Bertz CT molecular complexity index is 716. The smallest absolute Gasteiger partial charge is 0.307 e. The van der Waals surface area contributed by atoms with Crippen molar-refractivity contribution in [1.82, 2.24) is 10.2 Å². The second-order valence-electron chi connectivity index (χ2n) is 5.61. The van der Waals surface area contributed by atoms with Crippen molar-refractivity contribution in [1.29, 1.82) is 0 Å². The second-order valence-corrected chi connectivity index (χ2v) is 6.56. The molecule has 1 aromatic heterocycles. The Morgan fingerprint density at radius 3 is 2.50 bits per heavy atom. The van der Waals surface area contributed by atoms with Crippen LogP contribution >= 0.6 is 11.3 Å². The normalized spacial score (nSPS) is 10.2. The van der Waals surface area contributed by atoms with E-state index in [1.54, 1.807) is 17.0 Å². The van der Waals surface area contributed by atoms with Gasteiger partial charge in [-0.15, -0.1) is 11.3 Å². The Kier molecular flexibility index (Phi) is 7.82. The zero-order valence-electron chi connectivity index (χ0n) is 14.6. The third kappa shape index (κ3) is 6.33. The van der Waals surface area contributed by atoms with Crippen LogP contribution in [0.3, 0.4) is 0 Å². The molecule has 1 N–H and O–H groups in total. The van der Waals surface area contributed by atoms with Crippen molar-refractivity contribution in [2.45, 2.75) is 19.4 Å². The quantitative estimate of drug-likeness (QED) is 0.684. The average molecular weight is 374 g/mol. The molecule has 0 saturated carbocycles. The molecule has 26 heavy (non-hydrogen) atoms. The summed E-state index contributed by atoms with van der Waals surface area (Å²) in [6.07, 6.45) is 0.307. The van der Waals surface area contributed by atoms with Crippen molar-refractivity contribution in [3.8, 4) is 0 Å². The van der Waals surface area contributed by atoms with Crippen molar-refractivity contribution in [3.63, 3.8) is 0 Å². The molecule has 0 fully saturated rings. The van der Waals surface area contributed by atoms with Gasteiger partial charge in [-0.05, 0) is 17.0 Å². The molecular weight excluding hydrogens is 352 g/mol. The highest BCUT2D eigenvalue weighted by molar-refractivity contribution is 7.12. The summed E-state index contributed by atoms with van der Waals surface area (Å²) < 4.78 is 4.65. The molecule has 1 aromatic carbocycles. The highest BCUT2D eigenvalue weighted by Crippen LogP contribution is 2.09. The number of carbonyl (C=O) groups excluding carboxylic acids is 3. The Hall–Kier alpha value is -2.67. The van der Waals surface area contributed by atoms with E-state index in [-0.39, 0.29) is 43.7 Å². The third-order valence-corrected chi connectivity index (χ3v) is 4.62. The van der Waals surface area contributed by atoms with Gasteiger partial charge in [-0.2, -0.15) is 0 Å². The fourth-order valence-electron chi connectivity index (χ4n) is 2.36. The summed E-state index contributed by atoms with van der Waals surface area (Å²) in [5, 5.41) is 4.57. The van der Waals surface area contributed by atoms with E-state index in [0.717, 1.165) is 5.56 Å². The molecule has 1 heterocycles. The predicted molar refractivity (Wildman–Crippen MR) is 99.8 cm³/mol. The van der Waals surface area contributed by atoms with E-state index >= 15 is 0 Å². The summed E-state index contributed by atoms with van der Waals surface area (Å²) in [4.78, 5) is 38.1. The molecule has 0 aliphatic rings. The van der Waals surface area contributed by atoms with Gasteiger partial charge in [-0.1, -0.05) is 36.4 Å². The maximum atomic E-state index is 12.5. The lowest BCUT2D eigenvalue weighted by Crippen LogP contribution is -2.35. The van der Waals surface area contributed by atoms with E-state index in [0.29, 0.717) is 11.4 Å². The third-order valence-electron chi connectivity index (χ3n) is 3.75. The van der Waals surface area contributed by atoms with Crippen LogP contribution in [0.5, 0.6) is 0 Å². The van der Waals surface area contributed by atoms with Gasteiger partial charge in [0, 0.05) is 26.1 Å². The maximum absolute atomic E-state index is 12.5. The monoisotopic (exact) mass is 374 g/mol. The molecule has 6 nitrogen and oxygen atoms in total. The van der Waals surface area contributed by atoms with Gasteiger partial charge < -0.3 is 15.0 Å². The largest absolute Gasteiger partial charge is 0.469 e. The summed E-state index contributed by atoms with van der Waals surface area (Å²) in [6.45, 7) is 0.938. The number of thiophene rings is 1. The van der Waals surface area contributed by atoms with E-state index in [4.69, 9.17) is 0 Å². The van der Waals surface area contributed by atoms with Crippen molar-refractivity contribution in [3.05, 3.63) is 58.3 Å². The van der Waals surface area contributed by atoms with Crippen molar-refractivity contribution >= 4 is 29.1 Å². The van der Waals surface area contributed by atoms with Gasteiger partial charge in [-0.3, -0.25) is 14.4 Å². The van der Waals surface area contributed by atoms with Crippen LogP contribution < -0.4 is 5.32 Å². The van der Waals surface area contributed by atoms with E-state index in [1.165, 1.54) is 18.4 Å². The highest BCUT2D eigenvalue weighted by Gasteiger charge is 2.16. The number of ether oxygens (including phenoxy) is 1. The van der Waals surface area contributed by atoms with Crippen molar-refractivity contribution in [2.24, 2.45) is 0 Å². The zero-order valence-corrected chi connectivity index (χ0v) is 15.5.